The highest BCUT2D eigenvalue weighted by Crippen LogP contribution is 2.28. The normalized spacial score (nSPS) is 10.4. The SMILES string of the molecule is COc1ccc(C)cc1-c1ccc(CCC(=O)O)c(=O)[nH]1. The monoisotopic (exact) mass is 287 g/mol. The van der Waals surface area contributed by atoms with E-state index >= 15 is 0 Å². The summed E-state index contributed by atoms with van der Waals surface area (Å²) in [7, 11) is 1.58. The average molecular weight is 287 g/mol. The minimum absolute atomic E-state index is 0.0593. The van der Waals surface area contributed by atoms with Crippen LogP contribution in [0.1, 0.15) is 17.5 Å². The van der Waals surface area contributed by atoms with Gasteiger partial charge in [-0.2, -0.15) is 0 Å². The highest BCUT2D eigenvalue weighted by atomic mass is 16.5. The molecule has 0 spiro atoms. The van der Waals surface area contributed by atoms with Crippen LogP contribution >= 0.6 is 0 Å². The molecule has 1 aromatic heterocycles. The van der Waals surface area contributed by atoms with Gasteiger partial charge in [-0.25, -0.2) is 0 Å². The molecule has 1 heterocycles. The van der Waals surface area contributed by atoms with Gasteiger partial charge in [-0.05, 0) is 31.5 Å². The van der Waals surface area contributed by atoms with E-state index in [4.69, 9.17) is 9.84 Å². The molecular weight excluding hydrogens is 270 g/mol. The number of aliphatic carboxylic acids is 1. The Labute approximate surface area is 122 Å². The first-order valence-corrected chi connectivity index (χ1v) is 6.60. The zero-order valence-electron chi connectivity index (χ0n) is 12.0. The van der Waals surface area contributed by atoms with Crippen LogP contribution in [0.2, 0.25) is 0 Å². The lowest BCUT2D eigenvalue weighted by Gasteiger charge is -2.10. The first-order chi connectivity index (χ1) is 10.0. The molecule has 0 amide bonds. The molecule has 110 valence electrons. The third-order valence-electron chi connectivity index (χ3n) is 3.24. The summed E-state index contributed by atoms with van der Waals surface area (Å²) in [5, 5.41) is 8.67. The standard InChI is InChI=1S/C16H17NO4/c1-10-3-7-14(21-2)12(9-10)13-6-4-11(16(20)17-13)5-8-15(18)19/h3-4,6-7,9H,5,8H2,1-2H3,(H,17,20)(H,18,19). The second-order valence-corrected chi connectivity index (χ2v) is 4.82. The fourth-order valence-corrected chi connectivity index (χ4v) is 2.13. The number of H-pyrrole nitrogens is 1. The number of hydrogen-bond acceptors (Lipinski definition) is 3. The summed E-state index contributed by atoms with van der Waals surface area (Å²) in [5.41, 5.74) is 2.71. The van der Waals surface area contributed by atoms with Crippen molar-refractivity contribution in [2.45, 2.75) is 19.8 Å². The third-order valence-corrected chi connectivity index (χ3v) is 3.24. The third kappa shape index (κ3) is 3.51. The van der Waals surface area contributed by atoms with E-state index in [1.54, 1.807) is 19.2 Å². The molecule has 0 atom stereocenters. The summed E-state index contributed by atoms with van der Waals surface area (Å²) < 4.78 is 5.30. The van der Waals surface area contributed by atoms with Crippen molar-refractivity contribution in [2.24, 2.45) is 0 Å². The van der Waals surface area contributed by atoms with E-state index in [1.807, 2.05) is 25.1 Å². The molecule has 5 heteroatoms. The number of rotatable bonds is 5. The van der Waals surface area contributed by atoms with Crippen molar-refractivity contribution in [3.63, 3.8) is 0 Å². The number of aromatic amines is 1. The highest BCUT2D eigenvalue weighted by Gasteiger charge is 2.09. The Morgan fingerprint density at radius 2 is 2.05 bits per heavy atom. The number of pyridine rings is 1. The number of carbonyl (C=O) groups is 1. The van der Waals surface area contributed by atoms with E-state index < -0.39 is 5.97 Å². The number of methoxy groups -OCH3 is 1. The number of nitrogens with one attached hydrogen (secondary N) is 1. The molecule has 21 heavy (non-hydrogen) atoms. The van der Waals surface area contributed by atoms with Crippen molar-refractivity contribution in [3.8, 4) is 17.0 Å². The molecule has 0 aliphatic carbocycles. The summed E-state index contributed by atoms with van der Waals surface area (Å²) in [6.07, 6.45) is 0.159. The van der Waals surface area contributed by atoms with E-state index in [0.717, 1.165) is 11.1 Å². The molecule has 2 N–H and O–H groups in total. The van der Waals surface area contributed by atoms with Crippen molar-refractivity contribution in [3.05, 3.63) is 51.8 Å². The molecule has 0 saturated carbocycles. The minimum Gasteiger partial charge on any atom is -0.496 e. The molecule has 5 nitrogen and oxygen atoms in total. The van der Waals surface area contributed by atoms with E-state index in [2.05, 4.69) is 4.98 Å². The van der Waals surface area contributed by atoms with Gasteiger partial charge in [0.1, 0.15) is 5.75 Å². The van der Waals surface area contributed by atoms with E-state index in [-0.39, 0.29) is 18.4 Å². The number of aromatic nitrogens is 1. The van der Waals surface area contributed by atoms with Crippen LogP contribution in [0.5, 0.6) is 5.75 Å². The smallest absolute Gasteiger partial charge is 0.303 e. The quantitative estimate of drug-likeness (QED) is 0.885. The Hall–Kier alpha value is -2.56. The lowest BCUT2D eigenvalue weighted by molar-refractivity contribution is -0.136. The molecule has 0 aliphatic heterocycles. The fraction of sp³-hybridized carbons (Fsp3) is 0.250. The molecule has 0 unspecified atom stereocenters. The molecule has 0 saturated heterocycles. The van der Waals surface area contributed by atoms with Crippen molar-refractivity contribution in [2.75, 3.05) is 7.11 Å². The molecular formula is C16H17NO4. The lowest BCUT2D eigenvalue weighted by atomic mass is 10.1. The number of benzene rings is 1. The van der Waals surface area contributed by atoms with Gasteiger partial charge >= 0.3 is 5.97 Å². The molecule has 2 rings (SSSR count). The number of hydrogen-bond donors (Lipinski definition) is 2. The number of carboxylic acids is 1. The number of aryl methyl sites for hydroxylation is 2. The van der Waals surface area contributed by atoms with Gasteiger partial charge in [0.05, 0.1) is 12.8 Å². The van der Waals surface area contributed by atoms with Crippen LogP contribution in [0, 0.1) is 6.92 Å². The molecule has 1 aromatic carbocycles. The van der Waals surface area contributed by atoms with Crippen LogP contribution in [0.15, 0.2) is 35.1 Å². The van der Waals surface area contributed by atoms with E-state index in [0.29, 0.717) is 17.0 Å². The van der Waals surface area contributed by atoms with Gasteiger partial charge in [0.15, 0.2) is 0 Å². The summed E-state index contributed by atoms with van der Waals surface area (Å²) in [6, 6.07) is 9.15. The van der Waals surface area contributed by atoms with Crippen LogP contribution in [-0.4, -0.2) is 23.2 Å². The molecule has 2 aromatic rings. The predicted molar refractivity (Wildman–Crippen MR) is 79.7 cm³/mol. The van der Waals surface area contributed by atoms with Crippen LogP contribution in [0.3, 0.4) is 0 Å². The Morgan fingerprint density at radius 1 is 1.29 bits per heavy atom. The van der Waals surface area contributed by atoms with Gasteiger partial charge < -0.3 is 14.8 Å². The molecule has 0 bridgehead atoms. The molecule has 0 aliphatic rings. The van der Waals surface area contributed by atoms with Gasteiger partial charge in [0, 0.05) is 17.5 Å². The van der Waals surface area contributed by atoms with Gasteiger partial charge in [-0.3, -0.25) is 9.59 Å². The van der Waals surface area contributed by atoms with Crippen molar-refractivity contribution >= 4 is 5.97 Å². The Bertz CT molecular complexity index is 718. The summed E-state index contributed by atoms with van der Waals surface area (Å²) in [4.78, 5) is 25.4. The fourth-order valence-electron chi connectivity index (χ4n) is 2.13. The maximum Gasteiger partial charge on any atom is 0.303 e. The van der Waals surface area contributed by atoms with E-state index in [1.165, 1.54) is 0 Å². The molecule has 0 fully saturated rings. The topological polar surface area (TPSA) is 79.4 Å². The van der Waals surface area contributed by atoms with E-state index in [9.17, 15) is 9.59 Å². The van der Waals surface area contributed by atoms with Crippen LogP contribution in [-0.2, 0) is 11.2 Å². The number of ether oxygens (including phenoxy) is 1. The van der Waals surface area contributed by atoms with Gasteiger partial charge in [-0.15, -0.1) is 0 Å². The van der Waals surface area contributed by atoms with Crippen molar-refractivity contribution in [1.82, 2.24) is 4.98 Å². The zero-order valence-corrected chi connectivity index (χ0v) is 12.0. The number of carboxylic acid groups (broad SMARTS) is 1. The lowest BCUT2D eigenvalue weighted by Crippen LogP contribution is -2.14. The Kier molecular flexibility index (Phi) is 4.42. The van der Waals surface area contributed by atoms with Gasteiger partial charge in [0.2, 0.25) is 0 Å². The summed E-state index contributed by atoms with van der Waals surface area (Å²) in [6.45, 7) is 1.96. The first kappa shape index (κ1) is 14.8. The minimum atomic E-state index is -0.918. The Balaban J connectivity index is 2.38. The van der Waals surface area contributed by atoms with Crippen LogP contribution in [0.4, 0.5) is 0 Å². The molecule has 0 radical (unpaired) electrons. The van der Waals surface area contributed by atoms with Crippen LogP contribution in [0.25, 0.3) is 11.3 Å². The van der Waals surface area contributed by atoms with Crippen molar-refractivity contribution in [1.29, 1.82) is 0 Å². The first-order valence-electron chi connectivity index (χ1n) is 6.60. The van der Waals surface area contributed by atoms with Gasteiger partial charge in [0.25, 0.3) is 5.56 Å². The maximum atomic E-state index is 12.0. The van der Waals surface area contributed by atoms with Crippen molar-refractivity contribution < 1.29 is 14.6 Å². The zero-order chi connectivity index (χ0) is 15.4. The highest BCUT2D eigenvalue weighted by molar-refractivity contribution is 5.68. The van der Waals surface area contributed by atoms with Crippen LogP contribution < -0.4 is 10.3 Å². The maximum absolute atomic E-state index is 12.0. The largest absolute Gasteiger partial charge is 0.496 e. The summed E-state index contributed by atoms with van der Waals surface area (Å²) in [5.74, 6) is -0.242. The second kappa shape index (κ2) is 6.26. The second-order valence-electron chi connectivity index (χ2n) is 4.82. The summed E-state index contributed by atoms with van der Waals surface area (Å²) >= 11 is 0. The van der Waals surface area contributed by atoms with Gasteiger partial charge in [-0.1, -0.05) is 17.7 Å². The average Bonchev–Trinajstić information content (AvgIpc) is 2.45. The predicted octanol–water partition coefficient (Wildman–Crippen LogP) is 2.38. The Morgan fingerprint density at radius 3 is 2.67 bits per heavy atom.